The minimum Gasteiger partial charge on any atom is -0.504 e. The fraction of sp³-hybridized carbons (Fsp3) is 0.222. The van der Waals surface area contributed by atoms with Crippen LogP contribution in [0.3, 0.4) is 0 Å². The Morgan fingerprint density at radius 3 is 2.29 bits per heavy atom. The number of carbonyl (C=O) groups excluding carboxylic acids is 2. The third-order valence-corrected chi connectivity index (χ3v) is 6.20. The lowest BCUT2D eigenvalue weighted by molar-refractivity contribution is -0.118. The highest BCUT2D eigenvalue weighted by atomic mass is 16.3. The van der Waals surface area contributed by atoms with Crippen LogP contribution in [0.25, 0.3) is 11.1 Å². The number of anilines is 1. The summed E-state index contributed by atoms with van der Waals surface area (Å²) >= 11 is 0. The molecule has 0 bridgehead atoms. The first-order valence-electron chi connectivity index (χ1n) is 10.9. The number of hydrogen-bond donors (Lipinski definition) is 3. The summed E-state index contributed by atoms with van der Waals surface area (Å²) in [5, 5.41) is 31.7. The van der Waals surface area contributed by atoms with Gasteiger partial charge in [-0.1, -0.05) is 24.3 Å². The van der Waals surface area contributed by atoms with Crippen LogP contribution in [0.2, 0.25) is 0 Å². The van der Waals surface area contributed by atoms with E-state index in [-0.39, 0.29) is 29.7 Å². The first-order chi connectivity index (χ1) is 16.2. The minimum atomic E-state index is -0.745. The smallest absolute Gasteiger partial charge is 0.253 e. The zero-order valence-electron chi connectivity index (χ0n) is 19.0. The van der Waals surface area contributed by atoms with Crippen LogP contribution in [-0.4, -0.2) is 41.0 Å². The van der Waals surface area contributed by atoms with Gasteiger partial charge in [-0.25, -0.2) is 0 Å². The van der Waals surface area contributed by atoms with Crippen LogP contribution >= 0.6 is 0 Å². The number of nitriles is 1. The van der Waals surface area contributed by atoms with Crippen molar-refractivity contribution in [2.45, 2.75) is 24.7 Å². The van der Waals surface area contributed by atoms with Gasteiger partial charge in [-0.2, -0.15) is 5.26 Å². The predicted molar refractivity (Wildman–Crippen MR) is 129 cm³/mol. The Labute approximate surface area is 197 Å². The Balaban J connectivity index is 1.62. The van der Waals surface area contributed by atoms with Gasteiger partial charge >= 0.3 is 0 Å². The van der Waals surface area contributed by atoms with Crippen molar-refractivity contribution in [2.75, 3.05) is 19.4 Å². The molecule has 2 amide bonds. The van der Waals surface area contributed by atoms with E-state index in [9.17, 15) is 25.1 Å². The first-order valence-corrected chi connectivity index (χ1v) is 10.9. The molecule has 7 heteroatoms. The van der Waals surface area contributed by atoms with E-state index in [2.05, 4.69) is 11.4 Å². The molecule has 0 radical (unpaired) electrons. The summed E-state index contributed by atoms with van der Waals surface area (Å²) in [7, 11) is 3.39. The zero-order valence-corrected chi connectivity index (χ0v) is 19.0. The fourth-order valence-corrected chi connectivity index (χ4v) is 4.06. The number of amides is 2. The Morgan fingerprint density at radius 2 is 1.71 bits per heavy atom. The van der Waals surface area contributed by atoms with Gasteiger partial charge in [0.25, 0.3) is 5.91 Å². The second kappa shape index (κ2) is 8.91. The molecule has 4 rings (SSSR count). The Bertz CT molecular complexity index is 1300. The first kappa shape index (κ1) is 22.9. The summed E-state index contributed by atoms with van der Waals surface area (Å²) in [6, 6.07) is 19.2. The highest BCUT2D eigenvalue weighted by Crippen LogP contribution is 2.50. The van der Waals surface area contributed by atoms with E-state index in [1.807, 2.05) is 24.3 Å². The molecule has 7 nitrogen and oxygen atoms in total. The highest BCUT2D eigenvalue weighted by molar-refractivity contribution is 6.02. The average molecular weight is 456 g/mol. The van der Waals surface area contributed by atoms with E-state index in [1.165, 1.54) is 17.0 Å². The molecule has 34 heavy (non-hydrogen) atoms. The number of phenolic OH excluding ortho intramolecular Hbond substituents is 2. The van der Waals surface area contributed by atoms with Crippen molar-refractivity contribution in [3.05, 3.63) is 77.4 Å². The van der Waals surface area contributed by atoms with Gasteiger partial charge in [0, 0.05) is 25.3 Å². The molecule has 3 aromatic rings. The molecular formula is C27H25N3O4. The SMILES string of the molecule is CN(C)C(=O)c1ccc(-c2cc(NC(=O)C3(c4ccc(O)c(O)c4)CC3)ccc2CC#N)cc1. The molecule has 0 aliphatic heterocycles. The van der Waals surface area contributed by atoms with E-state index >= 15 is 0 Å². The van der Waals surface area contributed by atoms with Crippen molar-refractivity contribution in [3.8, 4) is 28.7 Å². The number of hydrogen-bond acceptors (Lipinski definition) is 5. The predicted octanol–water partition coefficient (Wildman–Crippen LogP) is 4.20. The van der Waals surface area contributed by atoms with Crippen molar-refractivity contribution in [2.24, 2.45) is 0 Å². The van der Waals surface area contributed by atoms with Gasteiger partial charge in [0.15, 0.2) is 11.5 Å². The molecule has 1 fully saturated rings. The lowest BCUT2D eigenvalue weighted by Gasteiger charge is -2.18. The van der Waals surface area contributed by atoms with Crippen molar-refractivity contribution in [1.29, 1.82) is 5.26 Å². The summed E-state index contributed by atoms with van der Waals surface area (Å²) in [5.74, 6) is -0.768. The number of nitrogens with one attached hydrogen (secondary N) is 1. The molecule has 0 spiro atoms. The Morgan fingerprint density at radius 1 is 1.00 bits per heavy atom. The van der Waals surface area contributed by atoms with E-state index in [1.54, 1.807) is 38.4 Å². The molecule has 172 valence electrons. The zero-order chi connectivity index (χ0) is 24.5. The van der Waals surface area contributed by atoms with Gasteiger partial charge in [0.2, 0.25) is 5.91 Å². The third-order valence-electron chi connectivity index (χ3n) is 6.20. The van der Waals surface area contributed by atoms with Gasteiger partial charge in [0.05, 0.1) is 17.9 Å². The van der Waals surface area contributed by atoms with Crippen LogP contribution < -0.4 is 5.32 Å². The van der Waals surface area contributed by atoms with Crippen molar-refractivity contribution in [3.63, 3.8) is 0 Å². The van der Waals surface area contributed by atoms with Crippen LogP contribution in [0.5, 0.6) is 11.5 Å². The Hall–Kier alpha value is -4.31. The summed E-state index contributed by atoms with van der Waals surface area (Å²) in [5.41, 5.74) is 3.51. The highest BCUT2D eigenvalue weighted by Gasteiger charge is 2.51. The second-order valence-corrected chi connectivity index (χ2v) is 8.72. The molecule has 1 saturated carbocycles. The maximum absolute atomic E-state index is 13.2. The summed E-state index contributed by atoms with van der Waals surface area (Å²) < 4.78 is 0. The van der Waals surface area contributed by atoms with Gasteiger partial charge in [0.1, 0.15) is 0 Å². The molecule has 1 aliphatic rings. The molecule has 3 N–H and O–H groups in total. The van der Waals surface area contributed by atoms with E-state index in [0.717, 1.165) is 16.7 Å². The lowest BCUT2D eigenvalue weighted by atomic mass is 9.93. The normalized spacial score (nSPS) is 13.6. The van der Waals surface area contributed by atoms with Crippen molar-refractivity contribution in [1.82, 2.24) is 4.90 Å². The fourth-order valence-electron chi connectivity index (χ4n) is 4.06. The molecule has 0 unspecified atom stereocenters. The largest absolute Gasteiger partial charge is 0.504 e. The number of phenols is 2. The van der Waals surface area contributed by atoms with Crippen LogP contribution in [-0.2, 0) is 16.6 Å². The molecule has 3 aromatic carbocycles. The lowest BCUT2D eigenvalue weighted by Crippen LogP contribution is -2.27. The van der Waals surface area contributed by atoms with Crippen molar-refractivity contribution >= 4 is 17.5 Å². The van der Waals surface area contributed by atoms with Crippen LogP contribution in [0.15, 0.2) is 60.7 Å². The molecule has 0 aromatic heterocycles. The van der Waals surface area contributed by atoms with Crippen LogP contribution in [0.4, 0.5) is 5.69 Å². The van der Waals surface area contributed by atoms with Gasteiger partial charge in [-0.15, -0.1) is 0 Å². The summed E-state index contributed by atoms with van der Waals surface area (Å²) in [4.78, 5) is 26.9. The Kier molecular flexibility index (Phi) is 5.99. The minimum absolute atomic E-state index is 0.0974. The van der Waals surface area contributed by atoms with E-state index < -0.39 is 5.41 Å². The summed E-state index contributed by atoms with van der Waals surface area (Å²) in [6.07, 6.45) is 1.49. The monoisotopic (exact) mass is 455 g/mol. The summed E-state index contributed by atoms with van der Waals surface area (Å²) in [6.45, 7) is 0. The maximum Gasteiger partial charge on any atom is 0.253 e. The van der Waals surface area contributed by atoms with Crippen LogP contribution in [0.1, 0.15) is 34.3 Å². The van der Waals surface area contributed by atoms with Crippen LogP contribution in [0, 0.1) is 11.3 Å². The third kappa shape index (κ3) is 4.30. The van der Waals surface area contributed by atoms with Gasteiger partial charge in [-0.3, -0.25) is 9.59 Å². The van der Waals surface area contributed by atoms with Gasteiger partial charge in [-0.05, 0) is 71.5 Å². The number of benzene rings is 3. The molecule has 1 aliphatic carbocycles. The second-order valence-electron chi connectivity index (χ2n) is 8.72. The maximum atomic E-state index is 13.2. The molecule has 0 heterocycles. The molecule has 0 saturated heterocycles. The standard InChI is InChI=1S/C27H25N3O4/c1-30(2)25(33)19-5-3-17(4-6-19)22-16-21(9-7-18(22)11-14-28)29-26(34)27(12-13-27)20-8-10-23(31)24(32)15-20/h3-10,15-16,31-32H,11-13H2,1-2H3,(H,29,34). The number of carbonyl (C=O) groups is 2. The van der Waals surface area contributed by atoms with E-state index in [4.69, 9.17) is 0 Å². The van der Waals surface area contributed by atoms with E-state index in [0.29, 0.717) is 29.7 Å². The average Bonchev–Trinajstić information content (AvgIpc) is 3.64. The number of aromatic hydroxyl groups is 2. The van der Waals surface area contributed by atoms with Gasteiger partial charge < -0.3 is 20.4 Å². The molecule has 0 atom stereocenters. The number of nitrogens with zero attached hydrogens (tertiary/aromatic N) is 2. The number of rotatable bonds is 6. The molecular weight excluding hydrogens is 430 g/mol. The quantitative estimate of drug-likeness (QED) is 0.482. The van der Waals surface area contributed by atoms with Crippen molar-refractivity contribution < 1.29 is 19.8 Å². The topological polar surface area (TPSA) is 114 Å².